The number of cyclic esters (lactones) is 1. The Morgan fingerprint density at radius 3 is 2.14 bits per heavy atom. The van der Waals surface area contributed by atoms with Crippen LogP contribution < -0.4 is 4.74 Å². The molecule has 2 aromatic rings. The number of carbonyl (C=O) groups is 1. The maximum atomic E-state index is 14.7. The number of carbonyl (C=O) groups excluding carboxylic acids is 1. The molecule has 2 atom stereocenters. The lowest BCUT2D eigenvalue weighted by Crippen LogP contribution is -2.36. The third-order valence-corrected chi connectivity index (χ3v) is 7.60. The summed E-state index contributed by atoms with van der Waals surface area (Å²) < 4.78 is 135. The van der Waals surface area contributed by atoms with Crippen molar-refractivity contribution in [1.82, 2.24) is 4.90 Å². The predicted molar refractivity (Wildman–Crippen MR) is 135 cm³/mol. The predicted octanol–water partition coefficient (Wildman–Crippen LogP) is 9.15. The average molecular weight is 610 g/mol. The van der Waals surface area contributed by atoms with Crippen molar-refractivity contribution in [3.63, 3.8) is 0 Å². The molecule has 1 fully saturated rings. The number of amides is 1. The zero-order valence-corrected chi connectivity index (χ0v) is 23.0. The number of halogens is 9. The van der Waals surface area contributed by atoms with E-state index in [1.165, 1.54) is 20.1 Å². The lowest BCUT2D eigenvalue weighted by Gasteiger charge is -2.31. The standard InChI is InChI=1S/C29H28F9NO3/c1-14(2)21-10-22(24(41-4)11-23(21)30)20-5-6-27(31,32)12-17(20)13-39-15(3)25(42-26(39)40)16-7-18(28(33,34)35)9-19(8-16)29(36,37)38/h7-11,14-15,25H,5-6,12-13H2,1-4H3/t15-,25-/m0/s1. The minimum Gasteiger partial charge on any atom is -0.496 e. The fraction of sp³-hybridized carbons (Fsp3) is 0.483. The van der Waals surface area contributed by atoms with Crippen LogP contribution in [0.2, 0.25) is 0 Å². The van der Waals surface area contributed by atoms with E-state index in [0.29, 0.717) is 28.8 Å². The first kappa shape index (κ1) is 31.6. The third-order valence-electron chi connectivity index (χ3n) is 7.60. The number of benzene rings is 2. The van der Waals surface area contributed by atoms with Crippen LogP contribution in [0.1, 0.15) is 79.9 Å². The summed E-state index contributed by atoms with van der Waals surface area (Å²) in [7, 11) is 1.29. The van der Waals surface area contributed by atoms with Crippen molar-refractivity contribution < 1.29 is 53.8 Å². The molecular formula is C29H28F9NO3. The van der Waals surface area contributed by atoms with Crippen molar-refractivity contribution in [2.75, 3.05) is 13.7 Å². The molecule has 2 aliphatic rings. The minimum atomic E-state index is -5.11. The summed E-state index contributed by atoms with van der Waals surface area (Å²) in [5.74, 6) is -3.87. The second-order valence-electron chi connectivity index (χ2n) is 10.9. The molecule has 230 valence electrons. The van der Waals surface area contributed by atoms with E-state index < -0.39 is 78.4 Å². The molecule has 0 unspecified atom stereocenters. The van der Waals surface area contributed by atoms with Gasteiger partial charge in [0.2, 0.25) is 0 Å². The van der Waals surface area contributed by atoms with E-state index in [2.05, 4.69) is 0 Å². The molecule has 13 heteroatoms. The molecule has 0 radical (unpaired) electrons. The molecule has 0 bridgehead atoms. The summed E-state index contributed by atoms with van der Waals surface area (Å²) in [5, 5.41) is 0. The van der Waals surface area contributed by atoms with Crippen molar-refractivity contribution in [2.45, 2.75) is 76.4 Å². The van der Waals surface area contributed by atoms with Crippen LogP contribution in [0.4, 0.5) is 44.3 Å². The van der Waals surface area contributed by atoms with Crippen LogP contribution in [0.3, 0.4) is 0 Å². The van der Waals surface area contributed by atoms with Gasteiger partial charge in [0, 0.05) is 31.0 Å². The number of methoxy groups -OCH3 is 1. The Morgan fingerprint density at radius 2 is 1.62 bits per heavy atom. The monoisotopic (exact) mass is 609 g/mol. The molecule has 4 nitrogen and oxygen atoms in total. The average Bonchev–Trinajstić information content (AvgIpc) is 3.15. The highest BCUT2D eigenvalue weighted by Gasteiger charge is 2.45. The lowest BCUT2D eigenvalue weighted by molar-refractivity contribution is -0.143. The summed E-state index contributed by atoms with van der Waals surface area (Å²) in [5.41, 5.74) is -2.53. The van der Waals surface area contributed by atoms with Crippen molar-refractivity contribution in [3.8, 4) is 5.75 Å². The van der Waals surface area contributed by atoms with Gasteiger partial charge in [-0.3, -0.25) is 4.90 Å². The van der Waals surface area contributed by atoms with Gasteiger partial charge in [-0.25, -0.2) is 18.0 Å². The van der Waals surface area contributed by atoms with E-state index in [0.717, 1.165) is 11.0 Å². The molecule has 1 heterocycles. The maximum Gasteiger partial charge on any atom is 0.416 e. The van der Waals surface area contributed by atoms with E-state index in [-0.39, 0.29) is 29.7 Å². The van der Waals surface area contributed by atoms with Gasteiger partial charge >= 0.3 is 18.4 Å². The second-order valence-corrected chi connectivity index (χ2v) is 10.9. The van der Waals surface area contributed by atoms with Gasteiger partial charge in [-0.05, 0) is 65.8 Å². The first-order chi connectivity index (χ1) is 19.3. The molecule has 0 saturated carbocycles. The van der Waals surface area contributed by atoms with Crippen LogP contribution in [0.25, 0.3) is 5.57 Å². The van der Waals surface area contributed by atoms with Gasteiger partial charge in [-0.2, -0.15) is 26.3 Å². The van der Waals surface area contributed by atoms with E-state index in [1.807, 2.05) is 0 Å². The highest BCUT2D eigenvalue weighted by molar-refractivity contribution is 5.77. The quantitative estimate of drug-likeness (QED) is 0.307. The topological polar surface area (TPSA) is 38.8 Å². The summed E-state index contributed by atoms with van der Waals surface area (Å²) >= 11 is 0. The van der Waals surface area contributed by atoms with E-state index in [4.69, 9.17) is 9.47 Å². The molecule has 0 N–H and O–H groups in total. The molecule has 1 aliphatic heterocycles. The fourth-order valence-corrected chi connectivity index (χ4v) is 5.40. The van der Waals surface area contributed by atoms with E-state index in [1.54, 1.807) is 13.8 Å². The first-order valence-electron chi connectivity index (χ1n) is 13.1. The van der Waals surface area contributed by atoms with Crippen molar-refractivity contribution in [2.24, 2.45) is 0 Å². The molecule has 42 heavy (non-hydrogen) atoms. The SMILES string of the molecule is COc1cc(F)c(C(C)C)cc1C1=C(CN2C(=O)O[C@H](c3cc(C(F)(F)F)cc(C(F)(F)F)c3)[C@@H]2C)CC(F)(F)CC1. The number of alkyl halides is 8. The van der Waals surface area contributed by atoms with Gasteiger partial charge in [-0.1, -0.05) is 13.8 Å². The molecule has 1 aliphatic carbocycles. The molecule has 2 aromatic carbocycles. The number of allylic oxidation sites excluding steroid dienone is 1. The maximum absolute atomic E-state index is 14.7. The number of nitrogens with zero attached hydrogens (tertiary/aromatic N) is 1. The molecule has 0 aromatic heterocycles. The third kappa shape index (κ3) is 6.34. The van der Waals surface area contributed by atoms with Gasteiger partial charge in [0.25, 0.3) is 5.92 Å². The van der Waals surface area contributed by atoms with E-state index >= 15 is 0 Å². The van der Waals surface area contributed by atoms with Crippen LogP contribution >= 0.6 is 0 Å². The van der Waals surface area contributed by atoms with Crippen LogP contribution in [-0.2, 0) is 17.1 Å². The molecular weight excluding hydrogens is 581 g/mol. The van der Waals surface area contributed by atoms with Crippen molar-refractivity contribution >= 4 is 11.7 Å². The molecule has 4 rings (SSSR count). The Morgan fingerprint density at radius 1 is 1.02 bits per heavy atom. The van der Waals surface area contributed by atoms with Gasteiger partial charge in [0.1, 0.15) is 17.7 Å². The summed E-state index contributed by atoms with van der Waals surface area (Å²) in [6.07, 6.45) is -14.3. The Balaban J connectivity index is 1.76. The summed E-state index contributed by atoms with van der Waals surface area (Å²) in [6.45, 7) is 4.40. The summed E-state index contributed by atoms with van der Waals surface area (Å²) in [4.78, 5) is 13.9. The molecule has 1 saturated heterocycles. The lowest BCUT2D eigenvalue weighted by atomic mass is 9.83. The van der Waals surface area contributed by atoms with Gasteiger partial charge < -0.3 is 9.47 Å². The first-order valence-corrected chi connectivity index (χ1v) is 13.1. The Labute approximate surface area is 236 Å². The molecule has 1 amide bonds. The second kappa shape index (κ2) is 11.0. The van der Waals surface area contributed by atoms with E-state index in [9.17, 15) is 44.3 Å². The summed E-state index contributed by atoms with van der Waals surface area (Å²) in [6, 6.07) is 2.45. The zero-order valence-electron chi connectivity index (χ0n) is 23.0. The van der Waals surface area contributed by atoms with Crippen molar-refractivity contribution in [1.29, 1.82) is 0 Å². The fourth-order valence-electron chi connectivity index (χ4n) is 5.40. The highest BCUT2D eigenvalue weighted by atomic mass is 19.4. The Hall–Kier alpha value is -3.38. The number of ether oxygens (including phenoxy) is 2. The normalized spacial score (nSPS) is 21.3. The van der Waals surface area contributed by atoms with Crippen molar-refractivity contribution in [3.05, 3.63) is 69.5 Å². The van der Waals surface area contributed by atoms with Crippen LogP contribution in [0.15, 0.2) is 35.9 Å². The largest absolute Gasteiger partial charge is 0.496 e. The number of rotatable bonds is 6. The smallest absolute Gasteiger partial charge is 0.416 e. The van der Waals surface area contributed by atoms with Crippen LogP contribution in [0, 0.1) is 5.82 Å². The number of hydrogen-bond acceptors (Lipinski definition) is 3. The van der Waals surface area contributed by atoms with Gasteiger partial charge in [0.05, 0.1) is 24.3 Å². The van der Waals surface area contributed by atoms with Gasteiger partial charge in [0.15, 0.2) is 0 Å². The number of hydrogen-bond donors (Lipinski definition) is 0. The minimum absolute atomic E-state index is 0.0363. The van der Waals surface area contributed by atoms with Crippen LogP contribution in [-0.4, -0.2) is 36.6 Å². The van der Waals surface area contributed by atoms with Crippen LogP contribution in [0.5, 0.6) is 5.75 Å². The van der Waals surface area contributed by atoms with Gasteiger partial charge in [-0.15, -0.1) is 0 Å². The molecule has 0 spiro atoms. The highest BCUT2D eigenvalue weighted by Crippen LogP contribution is 2.46. The Bertz CT molecular complexity index is 1360. The zero-order chi connectivity index (χ0) is 31.4. The Kier molecular flexibility index (Phi) is 8.29.